The van der Waals surface area contributed by atoms with Crippen molar-refractivity contribution in [2.24, 2.45) is 0 Å². The third kappa shape index (κ3) is 2.46. The third-order valence-electron chi connectivity index (χ3n) is 3.35. The van der Waals surface area contributed by atoms with Crippen molar-refractivity contribution in [2.45, 2.75) is 13.5 Å². The highest BCUT2D eigenvalue weighted by Crippen LogP contribution is 2.20. The fourth-order valence-corrected chi connectivity index (χ4v) is 2.31. The summed E-state index contributed by atoms with van der Waals surface area (Å²) in [7, 11) is 0. The summed E-state index contributed by atoms with van der Waals surface area (Å²) in [6.45, 7) is 1.97. The summed E-state index contributed by atoms with van der Waals surface area (Å²) >= 11 is 0. The number of fused-ring (bicyclic) bond motifs is 1. The largest absolute Gasteiger partial charge is 0.508 e. The van der Waals surface area contributed by atoms with E-state index in [4.69, 9.17) is 4.74 Å². The molecule has 3 rings (SSSR count). The topological polar surface area (TPSA) is 84.1 Å². The van der Waals surface area contributed by atoms with Crippen molar-refractivity contribution in [3.8, 4) is 11.5 Å². The van der Waals surface area contributed by atoms with Crippen LogP contribution in [0.15, 0.2) is 42.6 Å². The molecule has 0 atom stereocenters. The number of aromatic carboxylic acids is 1. The van der Waals surface area contributed by atoms with Crippen LogP contribution in [0.25, 0.3) is 5.52 Å². The fraction of sp³-hybridized carbons (Fsp3) is 0.125. The second-order valence-corrected chi connectivity index (χ2v) is 4.87. The van der Waals surface area contributed by atoms with Crippen LogP contribution in [0.4, 0.5) is 0 Å². The zero-order valence-corrected chi connectivity index (χ0v) is 11.9. The van der Waals surface area contributed by atoms with Gasteiger partial charge in [-0.1, -0.05) is 6.07 Å². The van der Waals surface area contributed by atoms with Crippen molar-refractivity contribution < 1.29 is 19.7 Å². The summed E-state index contributed by atoms with van der Waals surface area (Å²) in [5, 5.41) is 18.5. The molecule has 0 bridgehead atoms. The van der Waals surface area contributed by atoms with Gasteiger partial charge in [0.1, 0.15) is 18.1 Å². The Bertz CT molecular complexity index is 837. The number of nitrogens with zero attached hydrogens (tertiary/aromatic N) is 2. The summed E-state index contributed by atoms with van der Waals surface area (Å²) in [5.41, 5.74) is 1.42. The second-order valence-electron chi connectivity index (χ2n) is 4.87. The lowest BCUT2D eigenvalue weighted by Crippen LogP contribution is -2.01. The smallest absolute Gasteiger partial charge is 0.356 e. The highest BCUT2D eigenvalue weighted by Gasteiger charge is 2.18. The minimum absolute atomic E-state index is 0.0161. The average Bonchev–Trinajstić information content (AvgIpc) is 2.87. The van der Waals surface area contributed by atoms with E-state index in [0.29, 0.717) is 17.1 Å². The minimum atomic E-state index is -1.07. The molecule has 0 saturated carbocycles. The Morgan fingerprint density at radius 1 is 1.27 bits per heavy atom. The van der Waals surface area contributed by atoms with Gasteiger partial charge >= 0.3 is 5.97 Å². The quantitative estimate of drug-likeness (QED) is 0.773. The number of pyridine rings is 1. The van der Waals surface area contributed by atoms with E-state index >= 15 is 0 Å². The molecule has 0 radical (unpaired) electrons. The number of carboxylic acid groups (broad SMARTS) is 1. The SMILES string of the molecule is Cc1cccn2c(COc3ccc(O)cc3)nc(C(=O)O)c12. The van der Waals surface area contributed by atoms with Gasteiger partial charge in [-0.05, 0) is 42.8 Å². The maximum absolute atomic E-state index is 11.3. The van der Waals surface area contributed by atoms with Gasteiger partial charge in [-0.25, -0.2) is 9.78 Å². The van der Waals surface area contributed by atoms with E-state index in [2.05, 4.69) is 4.98 Å². The Hall–Kier alpha value is -3.02. The molecule has 0 fully saturated rings. The van der Waals surface area contributed by atoms with Crippen LogP contribution in [-0.2, 0) is 6.61 Å². The van der Waals surface area contributed by atoms with Gasteiger partial charge in [-0.15, -0.1) is 0 Å². The number of phenols is 1. The zero-order valence-electron chi connectivity index (χ0n) is 11.9. The Labute approximate surface area is 126 Å². The molecule has 2 heterocycles. The number of aromatic nitrogens is 2. The molecule has 0 aliphatic heterocycles. The first-order valence-electron chi connectivity index (χ1n) is 6.68. The molecule has 1 aromatic carbocycles. The maximum Gasteiger partial charge on any atom is 0.356 e. The lowest BCUT2D eigenvalue weighted by Gasteiger charge is -2.06. The summed E-state index contributed by atoms with van der Waals surface area (Å²) in [6, 6.07) is 9.98. The monoisotopic (exact) mass is 298 g/mol. The van der Waals surface area contributed by atoms with Crippen LogP contribution >= 0.6 is 0 Å². The summed E-state index contributed by atoms with van der Waals surface area (Å²) in [6.07, 6.45) is 1.76. The van der Waals surface area contributed by atoms with Crippen molar-refractivity contribution in [3.05, 3.63) is 59.7 Å². The minimum Gasteiger partial charge on any atom is -0.508 e. The Kier molecular flexibility index (Phi) is 3.42. The number of ether oxygens (including phenoxy) is 1. The van der Waals surface area contributed by atoms with Gasteiger partial charge in [0.05, 0.1) is 5.52 Å². The van der Waals surface area contributed by atoms with Crippen molar-refractivity contribution in [1.29, 1.82) is 0 Å². The maximum atomic E-state index is 11.3. The van der Waals surface area contributed by atoms with Gasteiger partial charge in [0, 0.05) is 6.20 Å². The fourth-order valence-electron chi connectivity index (χ4n) is 2.31. The van der Waals surface area contributed by atoms with Crippen molar-refractivity contribution >= 4 is 11.5 Å². The molecule has 3 aromatic rings. The number of carbonyl (C=O) groups is 1. The number of hydrogen-bond acceptors (Lipinski definition) is 4. The average molecular weight is 298 g/mol. The first-order chi connectivity index (χ1) is 10.6. The molecule has 0 aliphatic carbocycles. The molecule has 0 spiro atoms. The second kappa shape index (κ2) is 5.40. The molecule has 22 heavy (non-hydrogen) atoms. The van der Waals surface area contributed by atoms with Crippen LogP contribution < -0.4 is 4.74 Å². The Balaban J connectivity index is 1.95. The number of aryl methyl sites for hydroxylation is 1. The molecule has 2 N–H and O–H groups in total. The van der Waals surface area contributed by atoms with Crippen molar-refractivity contribution in [3.63, 3.8) is 0 Å². The zero-order chi connectivity index (χ0) is 15.7. The number of carboxylic acids is 1. The van der Waals surface area contributed by atoms with E-state index < -0.39 is 5.97 Å². The molecule has 0 unspecified atom stereocenters. The van der Waals surface area contributed by atoms with Gasteiger partial charge in [-0.2, -0.15) is 0 Å². The summed E-state index contributed by atoms with van der Waals surface area (Å²) < 4.78 is 7.32. The van der Waals surface area contributed by atoms with E-state index in [-0.39, 0.29) is 18.1 Å². The molecule has 0 aliphatic rings. The molecular weight excluding hydrogens is 284 g/mol. The van der Waals surface area contributed by atoms with E-state index in [1.807, 2.05) is 19.1 Å². The molecule has 0 saturated heterocycles. The van der Waals surface area contributed by atoms with E-state index in [9.17, 15) is 15.0 Å². The van der Waals surface area contributed by atoms with Gasteiger partial charge in [0.2, 0.25) is 0 Å². The van der Waals surface area contributed by atoms with Crippen molar-refractivity contribution in [1.82, 2.24) is 9.38 Å². The number of imidazole rings is 1. The molecular formula is C16H14N2O4. The van der Waals surface area contributed by atoms with Crippen LogP contribution in [0.1, 0.15) is 21.9 Å². The van der Waals surface area contributed by atoms with E-state index in [1.165, 1.54) is 12.1 Å². The highest BCUT2D eigenvalue weighted by molar-refractivity contribution is 5.94. The number of aromatic hydroxyl groups is 1. The number of benzene rings is 1. The lowest BCUT2D eigenvalue weighted by atomic mass is 10.2. The summed E-state index contributed by atoms with van der Waals surface area (Å²) in [5.74, 6) is 0.160. The van der Waals surface area contributed by atoms with Gasteiger partial charge in [-0.3, -0.25) is 4.40 Å². The lowest BCUT2D eigenvalue weighted by molar-refractivity contribution is 0.0693. The normalized spacial score (nSPS) is 10.8. The Morgan fingerprint density at radius 2 is 2.00 bits per heavy atom. The van der Waals surface area contributed by atoms with Crippen LogP contribution in [0.2, 0.25) is 0 Å². The van der Waals surface area contributed by atoms with Gasteiger partial charge in [0.15, 0.2) is 11.5 Å². The number of hydrogen-bond donors (Lipinski definition) is 2. The molecule has 2 aromatic heterocycles. The van der Waals surface area contributed by atoms with Gasteiger partial charge in [0.25, 0.3) is 0 Å². The van der Waals surface area contributed by atoms with Crippen LogP contribution in [0.3, 0.4) is 0 Å². The molecule has 6 nitrogen and oxygen atoms in total. The third-order valence-corrected chi connectivity index (χ3v) is 3.35. The molecule has 112 valence electrons. The van der Waals surface area contributed by atoms with E-state index in [0.717, 1.165) is 5.56 Å². The van der Waals surface area contributed by atoms with Crippen LogP contribution in [0, 0.1) is 6.92 Å². The predicted octanol–water partition coefficient (Wildman–Crippen LogP) is 2.63. The number of phenolic OH excluding ortho intramolecular Hbond substituents is 1. The summed E-state index contributed by atoms with van der Waals surface area (Å²) in [4.78, 5) is 15.5. The van der Waals surface area contributed by atoms with E-state index in [1.54, 1.807) is 22.7 Å². The molecule has 0 amide bonds. The Morgan fingerprint density at radius 3 is 2.68 bits per heavy atom. The first-order valence-corrected chi connectivity index (χ1v) is 6.68. The van der Waals surface area contributed by atoms with Crippen molar-refractivity contribution in [2.75, 3.05) is 0 Å². The van der Waals surface area contributed by atoms with Gasteiger partial charge < -0.3 is 14.9 Å². The predicted molar refractivity (Wildman–Crippen MR) is 79.3 cm³/mol. The molecule has 6 heteroatoms. The van der Waals surface area contributed by atoms with Crippen LogP contribution in [0.5, 0.6) is 11.5 Å². The van der Waals surface area contributed by atoms with Crippen LogP contribution in [-0.4, -0.2) is 25.6 Å². The first kappa shape index (κ1) is 13.9. The standard InChI is InChI=1S/C16H14N2O4/c1-10-3-2-8-18-13(17-14(15(10)18)16(20)21)9-22-12-6-4-11(19)5-7-12/h2-8,19H,9H2,1H3,(H,20,21). The number of rotatable bonds is 4. The highest BCUT2D eigenvalue weighted by atomic mass is 16.5.